The van der Waals surface area contributed by atoms with Crippen LogP contribution >= 0.6 is 0 Å². The predicted octanol–water partition coefficient (Wildman–Crippen LogP) is 7.24. The summed E-state index contributed by atoms with van der Waals surface area (Å²) >= 11 is 0. The standard InChI is InChI=1S/C35H50O5/c1-5-39-31(37)10-7-21-40-28-13-11-24(12-14-28)8-6-9-25-22-26-23-27(36)15-18-33(26,2)29-16-19-34(3)30(32(25)29)17-20-35(34,4)38/h11-14,22,25,29-30,32,38H,5-10,15-21,23H2,1-4H3/t25-,29?,30?,32?,33+,34+,35+/m1/s1. The minimum Gasteiger partial charge on any atom is -0.494 e. The van der Waals surface area contributed by atoms with E-state index in [0.29, 0.717) is 61.9 Å². The Labute approximate surface area is 241 Å². The number of carbonyl (C=O) groups is 2. The predicted molar refractivity (Wildman–Crippen MR) is 157 cm³/mol. The van der Waals surface area contributed by atoms with E-state index in [9.17, 15) is 14.7 Å². The third-order valence-electron chi connectivity index (χ3n) is 11.7. The van der Waals surface area contributed by atoms with Crippen molar-refractivity contribution < 1.29 is 24.2 Å². The van der Waals surface area contributed by atoms with Crippen molar-refractivity contribution in [2.24, 2.45) is 34.5 Å². The molecule has 4 aliphatic carbocycles. The summed E-state index contributed by atoms with van der Waals surface area (Å²) in [5, 5.41) is 11.4. The van der Waals surface area contributed by atoms with Crippen molar-refractivity contribution in [2.45, 2.75) is 110 Å². The number of aliphatic hydroxyl groups is 1. The van der Waals surface area contributed by atoms with Crippen LogP contribution in [-0.4, -0.2) is 35.7 Å². The topological polar surface area (TPSA) is 72.8 Å². The summed E-state index contributed by atoms with van der Waals surface area (Å²) in [5.74, 6) is 3.34. The lowest BCUT2D eigenvalue weighted by molar-refractivity contribution is -0.143. The van der Waals surface area contributed by atoms with Gasteiger partial charge < -0.3 is 14.6 Å². The first-order chi connectivity index (χ1) is 19.1. The number of Topliss-reactive ketones (excluding diaryl/α,β-unsaturated/α-hetero) is 1. The maximum Gasteiger partial charge on any atom is 0.305 e. The SMILES string of the molecule is CCOC(=O)CCCOc1ccc(CCC[C@@H]2C=C3CC(=O)CC[C@]3(C)C3CC[C@@]4(C)C(CC[C@]4(C)O)C32)cc1. The molecular weight excluding hydrogens is 500 g/mol. The average Bonchev–Trinajstić information content (AvgIpc) is 3.17. The fourth-order valence-electron chi connectivity index (χ4n) is 9.09. The Balaban J connectivity index is 1.23. The van der Waals surface area contributed by atoms with Crippen LogP contribution in [0.1, 0.15) is 104 Å². The van der Waals surface area contributed by atoms with Gasteiger partial charge in [0.15, 0.2) is 0 Å². The number of rotatable bonds is 10. The highest BCUT2D eigenvalue weighted by atomic mass is 16.5. The van der Waals surface area contributed by atoms with Crippen molar-refractivity contribution in [3.63, 3.8) is 0 Å². The molecule has 0 heterocycles. The number of fused-ring (bicyclic) bond motifs is 5. The number of esters is 1. The fourth-order valence-corrected chi connectivity index (χ4v) is 9.09. The zero-order valence-corrected chi connectivity index (χ0v) is 25.2. The first-order valence-corrected chi connectivity index (χ1v) is 15.9. The van der Waals surface area contributed by atoms with Crippen LogP contribution in [0.2, 0.25) is 0 Å². The van der Waals surface area contributed by atoms with Gasteiger partial charge in [-0.25, -0.2) is 0 Å². The van der Waals surface area contributed by atoms with Crippen LogP contribution in [0.15, 0.2) is 35.9 Å². The molecule has 3 unspecified atom stereocenters. The molecule has 0 radical (unpaired) electrons. The quantitative estimate of drug-likeness (QED) is 0.189. The highest BCUT2D eigenvalue weighted by Gasteiger charge is 2.63. The summed E-state index contributed by atoms with van der Waals surface area (Å²) in [6.07, 6.45) is 13.5. The summed E-state index contributed by atoms with van der Waals surface area (Å²) in [6, 6.07) is 8.38. The smallest absolute Gasteiger partial charge is 0.305 e. The third-order valence-corrected chi connectivity index (χ3v) is 11.7. The number of benzene rings is 1. The largest absolute Gasteiger partial charge is 0.494 e. The maximum absolute atomic E-state index is 12.5. The molecule has 1 aromatic carbocycles. The molecule has 1 aromatic rings. The molecule has 40 heavy (non-hydrogen) atoms. The molecule has 5 heteroatoms. The van der Waals surface area contributed by atoms with Gasteiger partial charge in [0, 0.05) is 19.3 Å². The van der Waals surface area contributed by atoms with Crippen molar-refractivity contribution >= 4 is 11.8 Å². The van der Waals surface area contributed by atoms with Gasteiger partial charge in [-0.05, 0) is 124 Å². The number of hydrogen-bond acceptors (Lipinski definition) is 5. The van der Waals surface area contributed by atoms with Crippen LogP contribution in [0.4, 0.5) is 0 Å². The molecule has 5 rings (SSSR count). The molecule has 1 N–H and O–H groups in total. The minimum atomic E-state index is -0.580. The number of ether oxygens (including phenoxy) is 2. The molecule has 0 saturated heterocycles. The van der Waals surface area contributed by atoms with Crippen LogP contribution in [0.25, 0.3) is 0 Å². The van der Waals surface area contributed by atoms with E-state index < -0.39 is 5.60 Å². The Bertz CT molecular complexity index is 1100. The van der Waals surface area contributed by atoms with Crippen LogP contribution in [0.5, 0.6) is 5.75 Å². The van der Waals surface area contributed by atoms with Gasteiger partial charge in [0.25, 0.3) is 0 Å². The molecule has 5 nitrogen and oxygen atoms in total. The zero-order valence-electron chi connectivity index (χ0n) is 25.2. The first kappa shape index (κ1) is 29.4. The maximum atomic E-state index is 12.5. The van der Waals surface area contributed by atoms with Crippen LogP contribution in [0.3, 0.4) is 0 Å². The van der Waals surface area contributed by atoms with Gasteiger partial charge in [-0.2, -0.15) is 0 Å². The number of carbonyl (C=O) groups excluding carboxylic acids is 2. The summed E-state index contributed by atoms with van der Waals surface area (Å²) in [5.41, 5.74) is 2.30. The van der Waals surface area contributed by atoms with Crippen LogP contribution in [0, 0.1) is 34.5 Å². The second kappa shape index (κ2) is 11.6. The summed E-state index contributed by atoms with van der Waals surface area (Å²) < 4.78 is 10.8. The molecule has 4 aliphatic rings. The Morgan fingerprint density at radius 1 is 1.02 bits per heavy atom. The molecule has 0 amide bonds. The van der Waals surface area contributed by atoms with Gasteiger partial charge in [0.05, 0.1) is 18.8 Å². The molecule has 0 bridgehead atoms. The number of allylic oxidation sites excluding steroid dienone is 2. The van der Waals surface area contributed by atoms with Crippen molar-refractivity contribution in [3.8, 4) is 5.75 Å². The number of ketones is 1. The Hall–Kier alpha value is -2.14. The Morgan fingerprint density at radius 2 is 1.77 bits per heavy atom. The van der Waals surface area contributed by atoms with Crippen molar-refractivity contribution in [1.29, 1.82) is 0 Å². The summed E-state index contributed by atoms with van der Waals surface area (Å²) in [7, 11) is 0. The van der Waals surface area contributed by atoms with Gasteiger partial charge >= 0.3 is 5.97 Å². The highest BCUT2D eigenvalue weighted by Crippen LogP contribution is 2.68. The van der Waals surface area contributed by atoms with Gasteiger partial charge in [-0.3, -0.25) is 9.59 Å². The van der Waals surface area contributed by atoms with Gasteiger partial charge in [0.2, 0.25) is 0 Å². The molecule has 7 atom stereocenters. The Kier molecular flexibility index (Phi) is 8.53. The second-order valence-corrected chi connectivity index (χ2v) is 13.8. The van der Waals surface area contributed by atoms with Gasteiger partial charge in [-0.15, -0.1) is 0 Å². The van der Waals surface area contributed by atoms with E-state index in [1.165, 1.54) is 17.6 Å². The summed E-state index contributed by atoms with van der Waals surface area (Å²) in [4.78, 5) is 24.0. The number of hydrogen-bond donors (Lipinski definition) is 1. The molecule has 0 aliphatic heterocycles. The first-order valence-electron chi connectivity index (χ1n) is 15.9. The molecular formula is C35H50O5. The molecule has 0 spiro atoms. The minimum absolute atomic E-state index is 0.00918. The van der Waals surface area contributed by atoms with Crippen molar-refractivity contribution in [1.82, 2.24) is 0 Å². The molecule has 3 saturated carbocycles. The van der Waals surface area contributed by atoms with E-state index in [2.05, 4.69) is 39.0 Å². The van der Waals surface area contributed by atoms with E-state index in [1.54, 1.807) is 0 Å². The molecule has 220 valence electrons. The van der Waals surface area contributed by atoms with Gasteiger partial charge in [0.1, 0.15) is 11.5 Å². The summed E-state index contributed by atoms with van der Waals surface area (Å²) in [6.45, 7) is 9.65. The molecule has 3 fully saturated rings. The zero-order chi connectivity index (χ0) is 28.5. The lowest BCUT2D eigenvalue weighted by Gasteiger charge is -2.60. The number of aryl methyl sites for hydroxylation is 1. The van der Waals surface area contributed by atoms with E-state index in [1.807, 2.05) is 19.1 Å². The van der Waals surface area contributed by atoms with E-state index in [0.717, 1.165) is 57.1 Å². The lowest BCUT2D eigenvalue weighted by Crippen LogP contribution is -2.55. The molecule has 0 aromatic heterocycles. The fraction of sp³-hybridized carbons (Fsp3) is 0.714. The third kappa shape index (κ3) is 5.52. The normalized spacial score (nSPS) is 36.7. The lowest BCUT2D eigenvalue weighted by atomic mass is 9.45. The van der Waals surface area contributed by atoms with E-state index in [-0.39, 0.29) is 16.8 Å². The van der Waals surface area contributed by atoms with E-state index in [4.69, 9.17) is 9.47 Å². The van der Waals surface area contributed by atoms with Crippen LogP contribution in [-0.2, 0) is 20.7 Å². The van der Waals surface area contributed by atoms with Crippen molar-refractivity contribution in [3.05, 3.63) is 41.5 Å². The van der Waals surface area contributed by atoms with Crippen molar-refractivity contribution in [2.75, 3.05) is 13.2 Å². The highest BCUT2D eigenvalue weighted by molar-refractivity contribution is 5.82. The van der Waals surface area contributed by atoms with Crippen LogP contribution < -0.4 is 4.74 Å². The second-order valence-electron chi connectivity index (χ2n) is 13.8. The average molecular weight is 551 g/mol. The van der Waals surface area contributed by atoms with E-state index >= 15 is 0 Å². The monoisotopic (exact) mass is 550 g/mol. The van der Waals surface area contributed by atoms with Gasteiger partial charge in [-0.1, -0.05) is 37.6 Å². The Morgan fingerprint density at radius 3 is 2.52 bits per heavy atom.